The summed E-state index contributed by atoms with van der Waals surface area (Å²) in [5.74, 6) is 0.281. The summed E-state index contributed by atoms with van der Waals surface area (Å²) >= 11 is 0. The first-order valence-corrected chi connectivity index (χ1v) is 7.39. The SMILES string of the molecule is Cc1cc(C)cc(CC(=O)C2CC(C)(C)OC2(C)C)c1. The molecule has 0 amide bonds. The van der Waals surface area contributed by atoms with Crippen molar-refractivity contribution in [3.05, 3.63) is 34.9 Å². The molecule has 1 fully saturated rings. The van der Waals surface area contributed by atoms with Crippen molar-refractivity contribution in [1.29, 1.82) is 0 Å². The van der Waals surface area contributed by atoms with Gasteiger partial charge in [-0.25, -0.2) is 0 Å². The molecule has 0 bridgehead atoms. The molecule has 1 unspecified atom stereocenters. The number of ether oxygens (including phenoxy) is 1. The molecule has 1 aromatic rings. The van der Waals surface area contributed by atoms with Gasteiger partial charge in [0, 0.05) is 12.3 Å². The van der Waals surface area contributed by atoms with Gasteiger partial charge in [0.25, 0.3) is 0 Å². The van der Waals surface area contributed by atoms with Crippen LogP contribution < -0.4 is 0 Å². The maximum absolute atomic E-state index is 12.7. The standard InChI is InChI=1S/C18H26O2/c1-12-7-13(2)9-14(8-12)10-16(19)15-11-17(3,4)20-18(15,5)6/h7-9,15H,10-11H2,1-6H3. The smallest absolute Gasteiger partial charge is 0.143 e. The van der Waals surface area contributed by atoms with Gasteiger partial charge in [0.15, 0.2) is 0 Å². The lowest BCUT2D eigenvalue weighted by atomic mass is 9.82. The van der Waals surface area contributed by atoms with E-state index in [4.69, 9.17) is 4.74 Å². The van der Waals surface area contributed by atoms with Gasteiger partial charge in [-0.2, -0.15) is 0 Å². The molecule has 1 atom stereocenters. The van der Waals surface area contributed by atoms with E-state index in [2.05, 4.69) is 45.9 Å². The molecule has 1 aromatic carbocycles. The van der Waals surface area contributed by atoms with Crippen LogP contribution in [0.1, 0.15) is 50.8 Å². The topological polar surface area (TPSA) is 26.3 Å². The molecule has 2 heteroatoms. The minimum Gasteiger partial charge on any atom is -0.369 e. The van der Waals surface area contributed by atoms with E-state index >= 15 is 0 Å². The molecule has 1 heterocycles. The van der Waals surface area contributed by atoms with Crippen LogP contribution in [0, 0.1) is 19.8 Å². The zero-order valence-corrected chi connectivity index (χ0v) is 13.5. The summed E-state index contributed by atoms with van der Waals surface area (Å²) < 4.78 is 6.03. The normalized spacial score (nSPS) is 23.8. The van der Waals surface area contributed by atoms with Gasteiger partial charge < -0.3 is 4.74 Å². The second-order valence-electron chi connectivity index (χ2n) is 7.36. The number of hydrogen-bond donors (Lipinski definition) is 0. The highest BCUT2D eigenvalue weighted by molar-refractivity contribution is 5.84. The third-order valence-corrected chi connectivity index (χ3v) is 4.12. The molecule has 0 aromatic heterocycles. The van der Waals surface area contributed by atoms with E-state index in [9.17, 15) is 4.79 Å². The van der Waals surface area contributed by atoms with Gasteiger partial charge in [-0.3, -0.25) is 4.79 Å². The number of rotatable bonds is 3. The van der Waals surface area contributed by atoms with E-state index in [0.29, 0.717) is 12.2 Å². The molecule has 1 saturated heterocycles. The van der Waals surface area contributed by atoms with Crippen LogP contribution in [0.25, 0.3) is 0 Å². The first-order valence-electron chi connectivity index (χ1n) is 7.39. The fourth-order valence-electron chi connectivity index (χ4n) is 3.56. The molecule has 110 valence electrons. The first-order chi connectivity index (χ1) is 9.09. The van der Waals surface area contributed by atoms with Gasteiger partial charge in [0.1, 0.15) is 5.78 Å². The summed E-state index contributed by atoms with van der Waals surface area (Å²) in [7, 11) is 0. The molecular formula is C18H26O2. The summed E-state index contributed by atoms with van der Waals surface area (Å²) in [4.78, 5) is 12.7. The van der Waals surface area contributed by atoms with Crippen LogP contribution in [0.5, 0.6) is 0 Å². The highest BCUT2D eigenvalue weighted by Crippen LogP contribution is 2.42. The Labute approximate surface area is 122 Å². The third kappa shape index (κ3) is 3.29. The van der Waals surface area contributed by atoms with E-state index in [1.54, 1.807) is 0 Å². The van der Waals surface area contributed by atoms with Gasteiger partial charge in [0.05, 0.1) is 11.2 Å². The highest BCUT2D eigenvalue weighted by Gasteiger charge is 2.48. The van der Waals surface area contributed by atoms with Crippen LogP contribution >= 0.6 is 0 Å². The van der Waals surface area contributed by atoms with Crippen molar-refractivity contribution < 1.29 is 9.53 Å². The van der Waals surface area contributed by atoms with E-state index in [1.165, 1.54) is 11.1 Å². The fourth-order valence-corrected chi connectivity index (χ4v) is 3.56. The second kappa shape index (κ2) is 5.00. The predicted octanol–water partition coefficient (Wildman–Crippen LogP) is 4.01. The summed E-state index contributed by atoms with van der Waals surface area (Å²) in [6.07, 6.45) is 1.32. The third-order valence-electron chi connectivity index (χ3n) is 4.12. The van der Waals surface area contributed by atoms with Crippen LogP contribution in [0.2, 0.25) is 0 Å². The first kappa shape index (κ1) is 15.2. The molecule has 20 heavy (non-hydrogen) atoms. The zero-order chi connectivity index (χ0) is 15.1. The van der Waals surface area contributed by atoms with Crippen LogP contribution in [-0.4, -0.2) is 17.0 Å². The molecule has 0 saturated carbocycles. The minimum atomic E-state index is -0.362. The number of carbonyl (C=O) groups is 1. The number of ketones is 1. The number of aryl methyl sites for hydroxylation is 2. The van der Waals surface area contributed by atoms with Crippen LogP contribution in [-0.2, 0) is 16.0 Å². The lowest BCUT2D eigenvalue weighted by molar-refractivity contribution is -0.128. The lowest BCUT2D eigenvalue weighted by Gasteiger charge is -2.26. The molecule has 2 rings (SSSR count). The van der Waals surface area contributed by atoms with Gasteiger partial charge in [0.2, 0.25) is 0 Å². The second-order valence-corrected chi connectivity index (χ2v) is 7.36. The van der Waals surface area contributed by atoms with Crippen LogP contribution in [0.3, 0.4) is 0 Å². The molecule has 1 aliphatic rings. The minimum absolute atomic E-state index is 0.0154. The number of Topliss-reactive ketones (excluding diaryl/α,β-unsaturated/α-hetero) is 1. The molecular weight excluding hydrogens is 248 g/mol. The molecule has 2 nitrogen and oxygen atoms in total. The molecule has 0 radical (unpaired) electrons. The molecule has 0 aliphatic carbocycles. The van der Waals surface area contributed by atoms with Crippen molar-refractivity contribution in [3.63, 3.8) is 0 Å². The summed E-state index contributed by atoms with van der Waals surface area (Å²) in [5, 5.41) is 0. The van der Waals surface area contributed by atoms with Gasteiger partial charge in [-0.1, -0.05) is 29.3 Å². The Morgan fingerprint density at radius 3 is 2.15 bits per heavy atom. The Balaban J connectivity index is 2.16. The Kier molecular flexibility index (Phi) is 3.81. The number of hydrogen-bond acceptors (Lipinski definition) is 2. The number of carbonyl (C=O) groups excluding carboxylic acids is 1. The number of benzene rings is 1. The quantitative estimate of drug-likeness (QED) is 0.832. The summed E-state index contributed by atoms with van der Waals surface area (Å²) in [5.41, 5.74) is 2.99. The van der Waals surface area contributed by atoms with Crippen molar-refractivity contribution in [2.45, 2.75) is 65.6 Å². The van der Waals surface area contributed by atoms with Crippen molar-refractivity contribution in [2.75, 3.05) is 0 Å². The monoisotopic (exact) mass is 274 g/mol. The van der Waals surface area contributed by atoms with E-state index < -0.39 is 0 Å². The van der Waals surface area contributed by atoms with Gasteiger partial charge >= 0.3 is 0 Å². The van der Waals surface area contributed by atoms with Crippen molar-refractivity contribution >= 4 is 5.78 Å². The van der Waals surface area contributed by atoms with E-state index in [-0.39, 0.29) is 17.1 Å². The van der Waals surface area contributed by atoms with Crippen molar-refractivity contribution in [2.24, 2.45) is 5.92 Å². The highest BCUT2D eigenvalue weighted by atomic mass is 16.5. The Bertz CT molecular complexity index is 506. The van der Waals surface area contributed by atoms with Crippen LogP contribution in [0.4, 0.5) is 0 Å². The largest absolute Gasteiger partial charge is 0.369 e. The van der Waals surface area contributed by atoms with Gasteiger partial charge in [-0.15, -0.1) is 0 Å². The maximum atomic E-state index is 12.7. The maximum Gasteiger partial charge on any atom is 0.143 e. The molecule has 1 aliphatic heterocycles. The Hall–Kier alpha value is -1.15. The Morgan fingerprint density at radius 1 is 1.15 bits per heavy atom. The predicted molar refractivity (Wildman–Crippen MR) is 82.0 cm³/mol. The summed E-state index contributed by atoms with van der Waals surface area (Å²) in [6.45, 7) is 12.4. The summed E-state index contributed by atoms with van der Waals surface area (Å²) in [6, 6.07) is 6.36. The van der Waals surface area contributed by atoms with Crippen molar-refractivity contribution in [3.8, 4) is 0 Å². The van der Waals surface area contributed by atoms with E-state index in [0.717, 1.165) is 12.0 Å². The van der Waals surface area contributed by atoms with E-state index in [1.807, 2.05) is 13.8 Å². The average Bonchev–Trinajstić information content (AvgIpc) is 2.44. The molecule has 0 N–H and O–H groups in total. The average molecular weight is 274 g/mol. The zero-order valence-electron chi connectivity index (χ0n) is 13.5. The van der Waals surface area contributed by atoms with Crippen LogP contribution in [0.15, 0.2) is 18.2 Å². The fraction of sp³-hybridized carbons (Fsp3) is 0.611. The lowest BCUT2D eigenvalue weighted by Crippen LogP contribution is -2.34. The van der Waals surface area contributed by atoms with Gasteiger partial charge in [-0.05, 0) is 53.5 Å². The Morgan fingerprint density at radius 2 is 1.70 bits per heavy atom. The van der Waals surface area contributed by atoms with Crippen molar-refractivity contribution in [1.82, 2.24) is 0 Å². The molecule has 0 spiro atoms.